The minimum atomic E-state index is -4.45. The first kappa shape index (κ1) is 14.4. The van der Waals surface area contributed by atoms with Gasteiger partial charge in [-0.1, -0.05) is 36.4 Å². The molecule has 0 amide bonds. The van der Waals surface area contributed by atoms with Crippen molar-refractivity contribution in [3.05, 3.63) is 71.3 Å². The number of halogens is 3. The van der Waals surface area contributed by atoms with E-state index in [4.69, 9.17) is 4.74 Å². The maximum absolute atomic E-state index is 12.6. The lowest BCUT2D eigenvalue weighted by Gasteiger charge is -2.23. The Morgan fingerprint density at radius 2 is 1.73 bits per heavy atom. The normalized spacial score (nSPS) is 16.8. The van der Waals surface area contributed by atoms with Gasteiger partial charge in [-0.15, -0.1) is 0 Å². The summed E-state index contributed by atoms with van der Waals surface area (Å²) in [4.78, 5) is 12.3. The van der Waals surface area contributed by atoms with Crippen molar-refractivity contribution in [2.45, 2.75) is 12.3 Å². The van der Waals surface area contributed by atoms with Crippen molar-refractivity contribution in [3.8, 4) is 5.75 Å². The second-order valence-corrected chi connectivity index (χ2v) is 4.89. The van der Waals surface area contributed by atoms with Crippen LogP contribution in [0.5, 0.6) is 5.75 Å². The Hall–Kier alpha value is -2.56. The minimum absolute atomic E-state index is 0.120. The fourth-order valence-electron chi connectivity index (χ4n) is 2.23. The Morgan fingerprint density at radius 1 is 1.00 bits per heavy atom. The van der Waals surface area contributed by atoms with Gasteiger partial charge in [0.25, 0.3) is 0 Å². The van der Waals surface area contributed by atoms with E-state index in [1.165, 1.54) is 24.3 Å². The highest BCUT2D eigenvalue weighted by Crippen LogP contribution is 2.33. The maximum atomic E-state index is 12.6. The van der Waals surface area contributed by atoms with Gasteiger partial charge >= 0.3 is 6.18 Å². The van der Waals surface area contributed by atoms with Crippen LogP contribution >= 0.6 is 0 Å². The summed E-state index contributed by atoms with van der Waals surface area (Å²) < 4.78 is 42.8. The van der Waals surface area contributed by atoms with Crippen molar-refractivity contribution >= 4 is 11.9 Å². The van der Waals surface area contributed by atoms with Crippen LogP contribution in [0.1, 0.15) is 21.5 Å². The van der Waals surface area contributed by atoms with Crippen molar-refractivity contribution < 1.29 is 22.7 Å². The maximum Gasteiger partial charge on any atom is 0.429 e. The molecule has 2 aromatic rings. The van der Waals surface area contributed by atoms with Crippen LogP contribution in [0.15, 0.2) is 54.6 Å². The predicted octanol–water partition coefficient (Wildman–Crippen LogP) is 4.25. The highest BCUT2D eigenvalue weighted by Gasteiger charge is 2.41. The summed E-state index contributed by atoms with van der Waals surface area (Å²) in [6.07, 6.45) is -4.12. The van der Waals surface area contributed by atoms with Gasteiger partial charge in [-0.2, -0.15) is 13.2 Å². The van der Waals surface area contributed by atoms with Crippen LogP contribution in [-0.4, -0.2) is 18.1 Å². The van der Waals surface area contributed by atoms with E-state index in [2.05, 4.69) is 0 Å². The van der Waals surface area contributed by atoms with Crippen molar-refractivity contribution in [3.63, 3.8) is 0 Å². The lowest BCUT2D eigenvalue weighted by atomic mass is 9.99. The SMILES string of the molecule is O=C(c1ccccc1)c1ccc2c(c1)C=CC(C(F)(F)F)O2. The monoisotopic (exact) mass is 304 g/mol. The number of ketones is 1. The van der Waals surface area contributed by atoms with E-state index in [-0.39, 0.29) is 11.5 Å². The molecule has 1 heterocycles. The van der Waals surface area contributed by atoms with E-state index in [1.807, 2.05) is 0 Å². The third-order valence-electron chi connectivity index (χ3n) is 3.34. The molecule has 1 atom stereocenters. The third-order valence-corrected chi connectivity index (χ3v) is 3.34. The topological polar surface area (TPSA) is 26.3 Å². The molecule has 0 spiro atoms. The summed E-state index contributed by atoms with van der Waals surface area (Å²) in [5.74, 6) is -0.0656. The van der Waals surface area contributed by atoms with Crippen LogP contribution in [0.3, 0.4) is 0 Å². The Morgan fingerprint density at radius 3 is 2.41 bits per heavy atom. The molecule has 1 unspecified atom stereocenters. The summed E-state index contributed by atoms with van der Waals surface area (Å²) in [7, 11) is 0. The molecule has 0 radical (unpaired) electrons. The average molecular weight is 304 g/mol. The fourth-order valence-corrected chi connectivity index (χ4v) is 2.23. The van der Waals surface area contributed by atoms with E-state index in [0.29, 0.717) is 16.7 Å². The van der Waals surface area contributed by atoms with Crippen LogP contribution < -0.4 is 4.74 Å². The summed E-state index contributed by atoms with van der Waals surface area (Å²) in [6.45, 7) is 0. The van der Waals surface area contributed by atoms with E-state index < -0.39 is 12.3 Å². The van der Waals surface area contributed by atoms with Crippen LogP contribution in [0.4, 0.5) is 13.2 Å². The standard InChI is InChI=1S/C17H11F3O2/c18-17(19,20)15-9-7-12-10-13(6-8-14(12)22-15)16(21)11-4-2-1-3-5-11/h1-10,15H. The lowest BCUT2D eigenvalue weighted by Crippen LogP contribution is -2.33. The lowest BCUT2D eigenvalue weighted by molar-refractivity contribution is -0.180. The summed E-state index contributed by atoms with van der Waals surface area (Å²) in [5.41, 5.74) is 1.39. The zero-order valence-corrected chi connectivity index (χ0v) is 11.3. The van der Waals surface area contributed by atoms with Gasteiger partial charge in [-0.3, -0.25) is 4.79 Å². The number of ether oxygens (including phenoxy) is 1. The first-order valence-corrected chi connectivity index (χ1v) is 6.60. The average Bonchev–Trinajstić information content (AvgIpc) is 2.53. The van der Waals surface area contributed by atoms with Crippen molar-refractivity contribution in [1.82, 2.24) is 0 Å². The second-order valence-electron chi connectivity index (χ2n) is 4.89. The highest BCUT2D eigenvalue weighted by atomic mass is 19.4. The van der Waals surface area contributed by atoms with E-state index in [0.717, 1.165) is 6.08 Å². The molecule has 3 rings (SSSR count). The number of fused-ring (bicyclic) bond motifs is 1. The van der Waals surface area contributed by atoms with E-state index in [1.54, 1.807) is 30.3 Å². The zero-order valence-electron chi connectivity index (χ0n) is 11.3. The van der Waals surface area contributed by atoms with Crippen molar-refractivity contribution in [2.24, 2.45) is 0 Å². The predicted molar refractivity (Wildman–Crippen MR) is 75.8 cm³/mol. The number of carbonyl (C=O) groups excluding carboxylic acids is 1. The first-order chi connectivity index (χ1) is 10.4. The number of hydrogen-bond acceptors (Lipinski definition) is 2. The first-order valence-electron chi connectivity index (χ1n) is 6.60. The molecule has 112 valence electrons. The molecule has 1 aliphatic heterocycles. The molecular weight excluding hydrogens is 293 g/mol. The summed E-state index contributed by atoms with van der Waals surface area (Å²) in [5, 5.41) is 0. The van der Waals surface area contributed by atoms with Gasteiger partial charge < -0.3 is 4.74 Å². The quantitative estimate of drug-likeness (QED) is 0.775. The van der Waals surface area contributed by atoms with Crippen molar-refractivity contribution in [1.29, 1.82) is 0 Å². The van der Waals surface area contributed by atoms with Gasteiger partial charge in [0, 0.05) is 16.7 Å². The van der Waals surface area contributed by atoms with Gasteiger partial charge in [0.15, 0.2) is 5.78 Å². The number of benzene rings is 2. The molecule has 0 aromatic heterocycles. The molecule has 2 aromatic carbocycles. The number of hydrogen-bond donors (Lipinski definition) is 0. The molecular formula is C17H11F3O2. The number of alkyl halides is 3. The van der Waals surface area contributed by atoms with Gasteiger partial charge in [0.05, 0.1) is 0 Å². The van der Waals surface area contributed by atoms with E-state index in [9.17, 15) is 18.0 Å². The number of rotatable bonds is 2. The van der Waals surface area contributed by atoms with Gasteiger partial charge in [0.1, 0.15) is 5.75 Å². The Kier molecular flexibility index (Phi) is 3.48. The Labute approximate surface area is 124 Å². The molecule has 2 nitrogen and oxygen atoms in total. The van der Waals surface area contributed by atoms with Crippen LogP contribution in [0, 0.1) is 0 Å². The van der Waals surface area contributed by atoms with Gasteiger partial charge in [-0.05, 0) is 24.3 Å². The van der Waals surface area contributed by atoms with Crippen LogP contribution in [0.25, 0.3) is 6.08 Å². The largest absolute Gasteiger partial charge is 0.476 e. The zero-order chi connectivity index (χ0) is 15.7. The second kappa shape index (κ2) is 5.33. The molecule has 22 heavy (non-hydrogen) atoms. The Bertz CT molecular complexity index is 733. The molecule has 0 bridgehead atoms. The third kappa shape index (κ3) is 2.74. The van der Waals surface area contributed by atoms with Gasteiger partial charge in [0.2, 0.25) is 6.10 Å². The Balaban J connectivity index is 1.90. The molecule has 0 N–H and O–H groups in total. The van der Waals surface area contributed by atoms with Crippen molar-refractivity contribution in [2.75, 3.05) is 0 Å². The molecule has 0 aliphatic carbocycles. The summed E-state index contributed by atoms with van der Waals surface area (Å²) in [6, 6.07) is 13.1. The van der Waals surface area contributed by atoms with Crippen LogP contribution in [-0.2, 0) is 0 Å². The fraction of sp³-hybridized carbons (Fsp3) is 0.118. The van der Waals surface area contributed by atoms with Gasteiger partial charge in [-0.25, -0.2) is 0 Å². The molecule has 0 saturated heterocycles. The molecule has 1 aliphatic rings. The molecule has 0 fully saturated rings. The number of carbonyl (C=O) groups is 1. The molecule has 0 saturated carbocycles. The highest BCUT2D eigenvalue weighted by molar-refractivity contribution is 6.09. The van der Waals surface area contributed by atoms with E-state index >= 15 is 0 Å². The summed E-state index contributed by atoms with van der Waals surface area (Å²) >= 11 is 0. The van der Waals surface area contributed by atoms with Crippen LogP contribution in [0.2, 0.25) is 0 Å². The molecule has 5 heteroatoms. The minimum Gasteiger partial charge on any atom is -0.476 e. The smallest absolute Gasteiger partial charge is 0.429 e.